The van der Waals surface area contributed by atoms with Crippen LogP contribution in [0.5, 0.6) is 0 Å². The van der Waals surface area contributed by atoms with E-state index in [0.717, 1.165) is 31.1 Å². The first-order valence-corrected chi connectivity index (χ1v) is 5.43. The van der Waals surface area contributed by atoms with Crippen LogP contribution >= 0.6 is 12.6 Å². The summed E-state index contributed by atoms with van der Waals surface area (Å²) in [6.07, 6.45) is 0. The van der Waals surface area contributed by atoms with E-state index in [1.165, 1.54) is 5.69 Å². The predicted octanol–water partition coefficient (Wildman–Crippen LogP) is 1.35. The van der Waals surface area contributed by atoms with Crippen LogP contribution in [0.25, 0.3) is 0 Å². The number of benzene rings is 1. The maximum absolute atomic E-state index is 4.35. The Morgan fingerprint density at radius 3 is 2.40 bits per heavy atom. The molecule has 0 aromatic heterocycles. The minimum Gasteiger partial charge on any atom is -0.369 e. The van der Waals surface area contributed by atoms with Crippen LogP contribution in [0.4, 0.5) is 5.69 Å². The Morgan fingerprint density at radius 1 is 1.13 bits per heavy atom. The minimum absolute atomic E-state index is 0. The molecule has 1 radical (unpaired) electrons. The molecule has 1 aromatic carbocycles. The number of thiol groups is 1. The van der Waals surface area contributed by atoms with E-state index >= 15 is 0 Å². The molecule has 0 N–H and O–H groups in total. The smallest absolute Gasteiger partial charge is 0.0378 e. The summed E-state index contributed by atoms with van der Waals surface area (Å²) in [5.41, 5.74) is 1.30. The first-order chi connectivity index (χ1) is 6.75. The zero-order chi connectivity index (χ0) is 9.97. The second-order valence-corrected chi connectivity index (χ2v) is 4.33. The van der Waals surface area contributed by atoms with Gasteiger partial charge in [-0.15, -0.1) is 12.6 Å². The third-order valence-electron chi connectivity index (χ3n) is 2.70. The SMILES string of the molecule is CN1CCN(c2cccc(S)c2)CC1.[Na]. The van der Waals surface area contributed by atoms with E-state index in [2.05, 4.69) is 47.7 Å². The second kappa shape index (κ2) is 6.16. The number of hydrogen-bond acceptors (Lipinski definition) is 3. The summed E-state index contributed by atoms with van der Waals surface area (Å²) in [6.45, 7) is 4.54. The van der Waals surface area contributed by atoms with Gasteiger partial charge in [0.05, 0.1) is 0 Å². The Hall–Kier alpha value is 0.330. The Kier molecular flexibility index (Phi) is 5.50. The van der Waals surface area contributed by atoms with Crippen LogP contribution in [0.1, 0.15) is 0 Å². The summed E-state index contributed by atoms with van der Waals surface area (Å²) in [5, 5.41) is 0. The predicted molar refractivity (Wildman–Crippen MR) is 69.2 cm³/mol. The van der Waals surface area contributed by atoms with Gasteiger partial charge in [-0.25, -0.2) is 0 Å². The van der Waals surface area contributed by atoms with Gasteiger partial charge in [0.1, 0.15) is 0 Å². The van der Waals surface area contributed by atoms with Gasteiger partial charge in [0.25, 0.3) is 0 Å². The molecule has 0 aliphatic carbocycles. The number of rotatable bonds is 1. The van der Waals surface area contributed by atoms with Crippen molar-refractivity contribution in [2.45, 2.75) is 4.90 Å². The van der Waals surface area contributed by atoms with E-state index in [9.17, 15) is 0 Å². The molecule has 1 saturated heterocycles. The molecule has 0 saturated carbocycles. The van der Waals surface area contributed by atoms with Crippen molar-refractivity contribution in [1.29, 1.82) is 0 Å². The number of anilines is 1. The fourth-order valence-electron chi connectivity index (χ4n) is 1.75. The van der Waals surface area contributed by atoms with Crippen molar-refractivity contribution in [1.82, 2.24) is 4.90 Å². The zero-order valence-electron chi connectivity index (χ0n) is 9.48. The van der Waals surface area contributed by atoms with E-state index in [1.807, 2.05) is 6.07 Å². The van der Waals surface area contributed by atoms with Crippen LogP contribution in [-0.2, 0) is 0 Å². The molecule has 1 aliphatic heterocycles. The van der Waals surface area contributed by atoms with E-state index in [1.54, 1.807) is 0 Å². The molecule has 0 spiro atoms. The molecule has 1 aromatic rings. The van der Waals surface area contributed by atoms with Crippen molar-refractivity contribution < 1.29 is 0 Å². The fourth-order valence-corrected chi connectivity index (χ4v) is 1.97. The molecular weight excluding hydrogens is 215 g/mol. The first-order valence-electron chi connectivity index (χ1n) is 4.98. The first kappa shape index (κ1) is 13.4. The molecule has 1 aliphatic rings. The third kappa shape index (κ3) is 3.68. The van der Waals surface area contributed by atoms with E-state index in [0.29, 0.717) is 0 Å². The molecule has 0 bridgehead atoms. The van der Waals surface area contributed by atoms with Crippen molar-refractivity contribution in [2.75, 3.05) is 38.1 Å². The van der Waals surface area contributed by atoms with Crippen LogP contribution in [0.3, 0.4) is 0 Å². The topological polar surface area (TPSA) is 6.48 Å². The maximum atomic E-state index is 4.35. The largest absolute Gasteiger partial charge is 0.369 e. The second-order valence-electron chi connectivity index (χ2n) is 3.81. The summed E-state index contributed by atoms with van der Waals surface area (Å²) in [6, 6.07) is 8.37. The molecule has 0 amide bonds. The molecule has 2 rings (SSSR count). The molecule has 1 fully saturated rings. The van der Waals surface area contributed by atoms with Crippen molar-refractivity contribution in [3.63, 3.8) is 0 Å². The molecule has 15 heavy (non-hydrogen) atoms. The normalized spacial score (nSPS) is 17.3. The molecule has 77 valence electrons. The van der Waals surface area contributed by atoms with Gasteiger partial charge in [-0.2, -0.15) is 0 Å². The Bertz CT molecular complexity index is 311. The minimum atomic E-state index is 0. The van der Waals surface area contributed by atoms with Crippen LogP contribution in [-0.4, -0.2) is 67.7 Å². The molecular formula is C11H16N2NaS. The summed E-state index contributed by atoms with van der Waals surface area (Å²) in [5.74, 6) is 0. The molecule has 4 heteroatoms. The van der Waals surface area contributed by atoms with Crippen molar-refractivity contribution in [2.24, 2.45) is 0 Å². The molecule has 2 nitrogen and oxygen atoms in total. The van der Waals surface area contributed by atoms with Gasteiger partial charge in [-0.1, -0.05) is 6.07 Å². The number of piperazine rings is 1. The Labute approximate surface area is 119 Å². The summed E-state index contributed by atoms with van der Waals surface area (Å²) in [4.78, 5) is 5.82. The summed E-state index contributed by atoms with van der Waals surface area (Å²) in [7, 11) is 2.17. The van der Waals surface area contributed by atoms with Gasteiger partial charge in [0.15, 0.2) is 0 Å². The van der Waals surface area contributed by atoms with Crippen molar-refractivity contribution in [3.8, 4) is 0 Å². The maximum Gasteiger partial charge on any atom is 0.0378 e. The van der Waals surface area contributed by atoms with Gasteiger partial charge in [-0.05, 0) is 25.2 Å². The van der Waals surface area contributed by atoms with E-state index < -0.39 is 0 Å². The molecule has 0 unspecified atom stereocenters. The van der Waals surface area contributed by atoms with Crippen LogP contribution in [0.15, 0.2) is 29.2 Å². The van der Waals surface area contributed by atoms with Crippen molar-refractivity contribution >= 4 is 47.9 Å². The van der Waals surface area contributed by atoms with Gasteiger partial charge < -0.3 is 9.80 Å². The quantitative estimate of drug-likeness (QED) is 0.576. The Morgan fingerprint density at radius 2 is 1.80 bits per heavy atom. The average molecular weight is 231 g/mol. The van der Waals surface area contributed by atoms with E-state index in [-0.39, 0.29) is 29.6 Å². The van der Waals surface area contributed by atoms with Crippen LogP contribution < -0.4 is 4.90 Å². The van der Waals surface area contributed by atoms with Crippen LogP contribution in [0, 0.1) is 0 Å². The monoisotopic (exact) mass is 231 g/mol. The number of likely N-dealkylation sites (N-methyl/N-ethyl adjacent to an activating group) is 1. The van der Waals surface area contributed by atoms with Gasteiger partial charge in [0.2, 0.25) is 0 Å². The summed E-state index contributed by atoms with van der Waals surface area (Å²) < 4.78 is 0. The Balaban J connectivity index is 0.00000112. The third-order valence-corrected chi connectivity index (χ3v) is 2.98. The number of hydrogen-bond donors (Lipinski definition) is 1. The average Bonchev–Trinajstić information content (AvgIpc) is 2.19. The van der Waals surface area contributed by atoms with Gasteiger partial charge in [0, 0.05) is 66.3 Å². The van der Waals surface area contributed by atoms with Gasteiger partial charge >= 0.3 is 0 Å². The van der Waals surface area contributed by atoms with Gasteiger partial charge in [-0.3, -0.25) is 0 Å². The number of nitrogens with zero attached hydrogens (tertiary/aromatic N) is 2. The molecule has 1 heterocycles. The standard InChI is InChI=1S/C11H16N2S.Na/c1-12-5-7-13(8-6-12)10-3-2-4-11(14)9-10;/h2-4,9,14H,5-8H2,1H3;. The van der Waals surface area contributed by atoms with E-state index in [4.69, 9.17) is 0 Å². The van der Waals surface area contributed by atoms with Crippen LogP contribution in [0.2, 0.25) is 0 Å². The van der Waals surface area contributed by atoms with Crippen molar-refractivity contribution in [3.05, 3.63) is 24.3 Å². The zero-order valence-corrected chi connectivity index (χ0v) is 12.4. The molecule has 0 atom stereocenters. The summed E-state index contributed by atoms with van der Waals surface area (Å²) >= 11 is 4.35. The fraction of sp³-hybridized carbons (Fsp3) is 0.455.